The molecule has 0 bridgehead atoms. The lowest BCUT2D eigenvalue weighted by Crippen LogP contribution is -2.58. The van der Waals surface area contributed by atoms with Crippen molar-refractivity contribution < 1.29 is 26.7 Å². The highest BCUT2D eigenvalue weighted by Gasteiger charge is 2.69. The lowest BCUT2D eigenvalue weighted by atomic mass is 9.90. The number of amidine groups is 1. The summed E-state index contributed by atoms with van der Waals surface area (Å²) in [6.07, 6.45) is -5.20. The van der Waals surface area contributed by atoms with Crippen molar-refractivity contribution in [2.45, 2.75) is 43.4 Å². The zero-order valence-electron chi connectivity index (χ0n) is 13.0. The average molecular weight is 366 g/mol. The molecule has 9 heteroatoms. The summed E-state index contributed by atoms with van der Waals surface area (Å²) in [7, 11) is 0. The van der Waals surface area contributed by atoms with Gasteiger partial charge in [0.1, 0.15) is 10.6 Å². The Kier molecular flexibility index (Phi) is 4.69. The molecule has 2 rings (SSSR count). The Hall–Kier alpha value is -1.64. The second-order valence-corrected chi connectivity index (χ2v) is 7.16. The molecule has 3 nitrogen and oxygen atoms in total. The van der Waals surface area contributed by atoms with Gasteiger partial charge in [0.05, 0.1) is 6.04 Å². The van der Waals surface area contributed by atoms with Crippen molar-refractivity contribution in [2.24, 2.45) is 4.99 Å². The van der Waals surface area contributed by atoms with Gasteiger partial charge in [-0.2, -0.15) is 13.2 Å². The molecule has 0 spiro atoms. The Morgan fingerprint density at radius 2 is 1.75 bits per heavy atom. The average Bonchev–Trinajstić information content (AvgIpc) is 2.74. The summed E-state index contributed by atoms with van der Waals surface area (Å²) in [5.41, 5.74) is -3.13. The molecule has 2 unspecified atom stereocenters. The Labute approximate surface area is 139 Å². The van der Waals surface area contributed by atoms with Crippen LogP contribution in [0, 0.1) is 5.82 Å². The normalized spacial score (nSPS) is 27.0. The van der Waals surface area contributed by atoms with Gasteiger partial charge in [0.25, 0.3) is 0 Å². The standard InChI is InChI=1S/C15H15F5N2OS/c1-8(9-4-6-10(16)7-5-9)21-12-22-11(23)13(2,24-12)14(3,17)15(18,19)20/h4-8H,1-3H3,(H,21,22,23)/t8-,13?,14?/m0/s1. The molecule has 0 aliphatic carbocycles. The largest absolute Gasteiger partial charge is 0.424 e. The van der Waals surface area contributed by atoms with E-state index in [9.17, 15) is 26.7 Å². The number of hydrogen-bond acceptors (Lipinski definition) is 3. The molecule has 1 fully saturated rings. The second-order valence-electron chi connectivity index (χ2n) is 5.75. The van der Waals surface area contributed by atoms with E-state index in [0.29, 0.717) is 24.2 Å². The zero-order valence-corrected chi connectivity index (χ0v) is 13.9. The Morgan fingerprint density at radius 3 is 2.25 bits per heavy atom. The summed E-state index contributed by atoms with van der Waals surface area (Å²) >= 11 is 0.401. The summed E-state index contributed by atoms with van der Waals surface area (Å²) in [6.45, 7) is 2.86. The number of hydrogen-bond donors (Lipinski definition) is 1. The maximum Gasteiger partial charge on any atom is 0.424 e. The number of aliphatic imine (C=N–C) groups is 1. The molecular formula is C15H15F5N2OS. The van der Waals surface area contributed by atoms with Gasteiger partial charge in [-0.15, -0.1) is 0 Å². The van der Waals surface area contributed by atoms with E-state index in [2.05, 4.69) is 10.3 Å². The van der Waals surface area contributed by atoms with Crippen LogP contribution in [0.25, 0.3) is 0 Å². The third-order valence-corrected chi connectivity index (χ3v) is 5.42. The first-order valence-electron chi connectivity index (χ1n) is 6.98. The molecule has 24 heavy (non-hydrogen) atoms. The molecule has 0 saturated carbocycles. The zero-order chi connectivity index (χ0) is 18.3. The number of halogens is 5. The number of amides is 1. The maximum atomic E-state index is 14.3. The third kappa shape index (κ3) is 3.13. The third-order valence-electron chi connectivity index (χ3n) is 4.05. The minimum absolute atomic E-state index is 0.104. The van der Waals surface area contributed by atoms with Gasteiger partial charge in [-0.1, -0.05) is 23.9 Å². The monoisotopic (exact) mass is 366 g/mol. The van der Waals surface area contributed by atoms with Gasteiger partial charge in [-0.05, 0) is 38.5 Å². The van der Waals surface area contributed by atoms with Gasteiger partial charge in [0.2, 0.25) is 11.6 Å². The molecule has 0 radical (unpaired) electrons. The van der Waals surface area contributed by atoms with Crippen LogP contribution in [0.2, 0.25) is 0 Å². The van der Waals surface area contributed by atoms with E-state index in [0.717, 1.165) is 6.92 Å². The van der Waals surface area contributed by atoms with Crippen LogP contribution >= 0.6 is 11.8 Å². The summed E-state index contributed by atoms with van der Waals surface area (Å²) in [6, 6.07) is 4.84. The number of carbonyl (C=O) groups excluding carboxylic acids is 1. The van der Waals surface area contributed by atoms with Gasteiger partial charge in [-0.25, -0.2) is 8.78 Å². The van der Waals surface area contributed by atoms with Crippen LogP contribution in [-0.4, -0.2) is 27.7 Å². The van der Waals surface area contributed by atoms with Crippen molar-refractivity contribution in [2.75, 3.05) is 0 Å². The Bertz CT molecular complexity index is 671. The van der Waals surface area contributed by atoms with Gasteiger partial charge in [0.15, 0.2) is 5.17 Å². The number of nitrogens with one attached hydrogen (secondary N) is 1. The van der Waals surface area contributed by atoms with Crippen molar-refractivity contribution in [3.63, 3.8) is 0 Å². The fraction of sp³-hybridized carbons (Fsp3) is 0.467. The first-order valence-corrected chi connectivity index (χ1v) is 7.79. The number of rotatable bonds is 3. The summed E-state index contributed by atoms with van der Waals surface area (Å²) in [5, 5.41) is 2.09. The minimum Gasteiger partial charge on any atom is -0.304 e. The molecule has 3 atom stereocenters. The van der Waals surface area contributed by atoms with Crippen LogP contribution < -0.4 is 5.32 Å². The van der Waals surface area contributed by atoms with Crippen LogP contribution in [0.1, 0.15) is 32.4 Å². The van der Waals surface area contributed by atoms with Gasteiger partial charge in [-0.3, -0.25) is 9.79 Å². The lowest BCUT2D eigenvalue weighted by Gasteiger charge is -2.34. The van der Waals surface area contributed by atoms with E-state index in [1.54, 1.807) is 6.92 Å². The smallest absolute Gasteiger partial charge is 0.304 e. The van der Waals surface area contributed by atoms with E-state index in [-0.39, 0.29) is 5.17 Å². The first kappa shape index (κ1) is 18.7. The molecule has 1 aromatic carbocycles. The topological polar surface area (TPSA) is 41.5 Å². The predicted octanol–water partition coefficient (Wildman–Crippen LogP) is 4.15. The molecule has 1 N–H and O–H groups in total. The van der Waals surface area contributed by atoms with Crippen molar-refractivity contribution in [3.8, 4) is 0 Å². The van der Waals surface area contributed by atoms with E-state index >= 15 is 0 Å². The molecule has 1 aromatic rings. The predicted molar refractivity (Wildman–Crippen MR) is 82.0 cm³/mol. The van der Waals surface area contributed by atoms with E-state index in [1.165, 1.54) is 24.3 Å². The maximum absolute atomic E-state index is 14.3. The highest BCUT2D eigenvalue weighted by molar-refractivity contribution is 8.16. The Balaban J connectivity index is 2.27. The Morgan fingerprint density at radius 1 is 1.21 bits per heavy atom. The van der Waals surface area contributed by atoms with E-state index < -0.39 is 34.4 Å². The van der Waals surface area contributed by atoms with Crippen molar-refractivity contribution in [1.29, 1.82) is 0 Å². The van der Waals surface area contributed by atoms with Crippen molar-refractivity contribution in [1.82, 2.24) is 5.32 Å². The highest BCUT2D eigenvalue weighted by atomic mass is 32.2. The molecule has 1 saturated heterocycles. The summed E-state index contributed by atoms with van der Waals surface area (Å²) < 4.78 is 63.7. The van der Waals surface area contributed by atoms with Crippen LogP contribution in [0.5, 0.6) is 0 Å². The number of carbonyl (C=O) groups is 1. The van der Waals surface area contributed by atoms with E-state index in [4.69, 9.17) is 0 Å². The number of thioether (sulfide) groups is 1. The molecule has 1 aliphatic heterocycles. The number of nitrogens with zero attached hydrogens (tertiary/aromatic N) is 1. The number of alkyl halides is 4. The molecule has 1 heterocycles. The highest BCUT2D eigenvalue weighted by Crippen LogP contribution is 2.51. The quantitative estimate of drug-likeness (QED) is 0.817. The van der Waals surface area contributed by atoms with Crippen LogP contribution in [0.3, 0.4) is 0 Å². The fourth-order valence-corrected chi connectivity index (χ4v) is 3.30. The lowest BCUT2D eigenvalue weighted by molar-refractivity contribution is -0.232. The van der Waals surface area contributed by atoms with Crippen molar-refractivity contribution >= 4 is 22.8 Å². The molecule has 1 amide bonds. The van der Waals surface area contributed by atoms with Gasteiger partial charge >= 0.3 is 6.18 Å². The molecule has 0 aromatic heterocycles. The van der Waals surface area contributed by atoms with E-state index in [1.807, 2.05) is 0 Å². The first-order chi connectivity index (χ1) is 10.9. The van der Waals surface area contributed by atoms with Gasteiger partial charge < -0.3 is 5.32 Å². The van der Waals surface area contributed by atoms with Crippen LogP contribution in [0.4, 0.5) is 22.0 Å². The second kappa shape index (κ2) is 6.02. The van der Waals surface area contributed by atoms with Crippen LogP contribution in [0.15, 0.2) is 29.3 Å². The molecule has 1 aliphatic rings. The fourth-order valence-electron chi connectivity index (χ4n) is 2.11. The minimum atomic E-state index is -5.20. The van der Waals surface area contributed by atoms with Crippen LogP contribution in [-0.2, 0) is 4.79 Å². The molecule has 132 valence electrons. The SMILES string of the molecule is C[C@H](N=C1NC(=O)C(C)(C(C)(F)C(F)(F)F)S1)c1ccc(F)cc1. The molecular weight excluding hydrogens is 351 g/mol. The summed E-state index contributed by atoms with van der Waals surface area (Å²) in [5.74, 6) is -1.53. The van der Waals surface area contributed by atoms with Crippen molar-refractivity contribution in [3.05, 3.63) is 35.6 Å². The number of benzene rings is 1. The summed E-state index contributed by atoms with van der Waals surface area (Å²) in [4.78, 5) is 16.1. The van der Waals surface area contributed by atoms with Gasteiger partial charge in [0, 0.05) is 0 Å².